The minimum Gasteiger partial charge on any atom is -0.497 e. The van der Waals surface area contributed by atoms with Gasteiger partial charge in [-0.3, -0.25) is 0 Å². The SMILES string of the molecule is COc1ccc(/C(=N/O)c2oc3ccccc3c2C)cc1. The second-order valence-corrected chi connectivity index (χ2v) is 4.73. The number of benzene rings is 2. The van der Waals surface area contributed by atoms with Crippen LogP contribution in [0.5, 0.6) is 5.75 Å². The van der Waals surface area contributed by atoms with Gasteiger partial charge in [-0.2, -0.15) is 0 Å². The average molecular weight is 281 g/mol. The molecule has 106 valence electrons. The van der Waals surface area contributed by atoms with Crippen LogP contribution in [0.3, 0.4) is 0 Å². The van der Waals surface area contributed by atoms with Gasteiger partial charge in [0, 0.05) is 16.5 Å². The lowest BCUT2D eigenvalue weighted by Gasteiger charge is -2.04. The lowest BCUT2D eigenvalue weighted by atomic mass is 10.0. The number of rotatable bonds is 3. The van der Waals surface area contributed by atoms with Gasteiger partial charge in [0.05, 0.1) is 7.11 Å². The number of fused-ring (bicyclic) bond motifs is 1. The smallest absolute Gasteiger partial charge is 0.160 e. The van der Waals surface area contributed by atoms with E-state index in [1.54, 1.807) is 7.11 Å². The molecule has 3 rings (SSSR count). The van der Waals surface area contributed by atoms with Gasteiger partial charge < -0.3 is 14.4 Å². The van der Waals surface area contributed by atoms with Gasteiger partial charge in [0.15, 0.2) is 11.5 Å². The van der Waals surface area contributed by atoms with E-state index in [1.807, 2.05) is 55.5 Å². The van der Waals surface area contributed by atoms with E-state index in [9.17, 15) is 5.21 Å². The van der Waals surface area contributed by atoms with E-state index in [1.165, 1.54) is 0 Å². The summed E-state index contributed by atoms with van der Waals surface area (Å²) < 4.78 is 11.0. The number of para-hydroxylation sites is 1. The van der Waals surface area contributed by atoms with Gasteiger partial charge in [-0.25, -0.2) is 0 Å². The Morgan fingerprint density at radius 1 is 1.10 bits per heavy atom. The summed E-state index contributed by atoms with van der Waals surface area (Å²) in [5, 5.41) is 13.8. The molecule has 0 aliphatic rings. The summed E-state index contributed by atoms with van der Waals surface area (Å²) in [7, 11) is 1.61. The molecule has 0 aliphatic carbocycles. The van der Waals surface area contributed by atoms with Crippen molar-refractivity contribution < 1.29 is 14.4 Å². The number of furan rings is 1. The number of methoxy groups -OCH3 is 1. The third-order valence-electron chi connectivity index (χ3n) is 3.52. The molecule has 0 amide bonds. The van der Waals surface area contributed by atoms with Crippen molar-refractivity contribution in [3.63, 3.8) is 0 Å². The Morgan fingerprint density at radius 3 is 2.43 bits per heavy atom. The molecule has 3 aromatic rings. The van der Waals surface area contributed by atoms with Crippen LogP contribution >= 0.6 is 0 Å². The van der Waals surface area contributed by atoms with Crippen LogP contribution < -0.4 is 4.74 Å². The van der Waals surface area contributed by atoms with Crippen LogP contribution in [0, 0.1) is 6.92 Å². The maximum atomic E-state index is 9.41. The molecule has 0 aliphatic heterocycles. The van der Waals surface area contributed by atoms with Crippen molar-refractivity contribution in [2.24, 2.45) is 5.16 Å². The second kappa shape index (κ2) is 5.32. The largest absolute Gasteiger partial charge is 0.497 e. The summed E-state index contributed by atoms with van der Waals surface area (Å²) in [5.74, 6) is 1.32. The fraction of sp³-hybridized carbons (Fsp3) is 0.118. The monoisotopic (exact) mass is 281 g/mol. The van der Waals surface area contributed by atoms with Crippen molar-refractivity contribution in [3.8, 4) is 5.75 Å². The van der Waals surface area contributed by atoms with Gasteiger partial charge in [-0.05, 0) is 37.3 Å². The maximum Gasteiger partial charge on any atom is 0.160 e. The standard InChI is InChI=1S/C17H15NO3/c1-11-14-5-3-4-6-15(14)21-17(11)16(18-19)12-7-9-13(20-2)10-8-12/h3-10,19H,1-2H3/b18-16-. The fourth-order valence-electron chi connectivity index (χ4n) is 2.38. The molecule has 0 unspecified atom stereocenters. The highest BCUT2D eigenvalue weighted by Gasteiger charge is 2.18. The van der Waals surface area contributed by atoms with Gasteiger partial charge in [0.2, 0.25) is 0 Å². The molecule has 21 heavy (non-hydrogen) atoms. The van der Waals surface area contributed by atoms with Crippen LogP contribution in [-0.2, 0) is 0 Å². The Morgan fingerprint density at radius 2 is 1.81 bits per heavy atom. The highest BCUT2D eigenvalue weighted by Crippen LogP contribution is 2.27. The van der Waals surface area contributed by atoms with Crippen LogP contribution in [0.1, 0.15) is 16.9 Å². The van der Waals surface area contributed by atoms with Gasteiger partial charge in [-0.1, -0.05) is 23.4 Å². The summed E-state index contributed by atoms with van der Waals surface area (Å²) in [6, 6.07) is 15.1. The molecule has 1 heterocycles. The molecular formula is C17H15NO3. The zero-order chi connectivity index (χ0) is 14.8. The number of hydrogen-bond donors (Lipinski definition) is 1. The van der Waals surface area contributed by atoms with Crippen LogP contribution in [0.15, 0.2) is 58.1 Å². The van der Waals surface area contributed by atoms with Crippen LogP contribution in [0.4, 0.5) is 0 Å². The van der Waals surface area contributed by atoms with E-state index in [-0.39, 0.29) is 0 Å². The first-order chi connectivity index (χ1) is 10.2. The summed E-state index contributed by atoms with van der Waals surface area (Å²) in [4.78, 5) is 0. The lowest BCUT2D eigenvalue weighted by molar-refractivity contribution is 0.318. The van der Waals surface area contributed by atoms with Crippen molar-refractivity contribution in [1.29, 1.82) is 0 Å². The summed E-state index contributed by atoms with van der Waals surface area (Å²) >= 11 is 0. The molecular weight excluding hydrogens is 266 g/mol. The quantitative estimate of drug-likeness (QED) is 0.449. The Bertz CT molecular complexity index is 801. The average Bonchev–Trinajstić information content (AvgIpc) is 2.86. The van der Waals surface area contributed by atoms with E-state index in [4.69, 9.17) is 9.15 Å². The van der Waals surface area contributed by atoms with Gasteiger partial charge in [0.25, 0.3) is 0 Å². The van der Waals surface area contributed by atoms with Gasteiger partial charge in [-0.15, -0.1) is 0 Å². The molecule has 0 fully saturated rings. The minimum absolute atomic E-state index is 0.409. The number of ether oxygens (including phenoxy) is 1. The molecule has 1 aromatic heterocycles. The Hall–Kier alpha value is -2.75. The number of oxime groups is 1. The Balaban J connectivity index is 2.11. The third kappa shape index (κ3) is 2.25. The predicted octanol–water partition coefficient (Wildman–Crippen LogP) is 3.98. The van der Waals surface area contributed by atoms with E-state index >= 15 is 0 Å². The highest BCUT2D eigenvalue weighted by atomic mass is 16.5. The normalized spacial score (nSPS) is 11.8. The van der Waals surface area contributed by atoms with Gasteiger partial charge >= 0.3 is 0 Å². The third-order valence-corrected chi connectivity index (χ3v) is 3.52. The molecule has 0 radical (unpaired) electrons. The molecule has 1 N–H and O–H groups in total. The Labute approximate surface area is 122 Å². The minimum atomic E-state index is 0.409. The van der Waals surface area contributed by atoms with Crippen molar-refractivity contribution in [2.45, 2.75) is 6.92 Å². The van der Waals surface area contributed by atoms with E-state index in [0.29, 0.717) is 11.5 Å². The van der Waals surface area contributed by atoms with Crippen molar-refractivity contribution >= 4 is 16.7 Å². The van der Waals surface area contributed by atoms with E-state index in [2.05, 4.69) is 5.16 Å². The summed E-state index contributed by atoms with van der Waals surface area (Å²) in [6.45, 7) is 1.95. The molecule has 0 saturated heterocycles. The van der Waals surface area contributed by atoms with Gasteiger partial charge in [0.1, 0.15) is 11.3 Å². The maximum absolute atomic E-state index is 9.41. The number of hydrogen-bond acceptors (Lipinski definition) is 4. The van der Waals surface area contributed by atoms with Crippen LogP contribution in [0.2, 0.25) is 0 Å². The lowest BCUT2D eigenvalue weighted by Crippen LogP contribution is -2.03. The van der Waals surface area contributed by atoms with Crippen molar-refractivity contribution in [2.75, 3.05) is 7.11 Å². The first kappa shape index (κ1) is 13.2. The number of nitrogens with zero attached hydrogens (tertiary/aromatic N) is 1. The van der Waals surface area contributed by atoms with Crippen LogP contribution in [-0.4, -0.2) is 18.0 Å². The highest BCUT2D eigenvalue weighted by molar-refractivity contribution is 6.13. The first-order valence-corrected chi connectivity index (χ1v) is 6.59. The van der Waals surface area contributed by atoms with Crippen molar-refractivity contribution in [3.05, 3.63) is 65.4 Å². The fourth-order valence-corrected chi connectivity index (χ4v) is 2.38. The van der Waals surface area contributed by atoms with E-state index in [0.717, 1.165) is 27.8 Å². The zero-order valence-corrected chi connectivity index (χ0v) is 11.8. The summed E-state index contributed by atoms with van der Waals surface area (Å²) in [6.07, 6.45) is 0. The predicted molar refractivity (Wildman–Crippen MR) is 81.4 cm³/mol. The number of aryl methyl sites for hydroxylation is 1. The summed E-state index contributed by atoms with van der Waals surface area (Å²) in [5.41, 5.74) is 2.90. The molecule has 4 nitrogen and oxygen atoms in total. The second-order valence-electron chi connectivity index (χ2n) is 4.73. The molecule has 4 heteroatoms. The molecule has 0 bridgehead atoms. The zero-order valence-electron chi connectivity index (χ0n) is 11.8. The molecule has 0 atom stereocenters. The van der Waals surface area contributed by atoms with E-state index < -0.39 is 0 Å². The molecule has 0 saturated carbocycles. The van der Waals surface area contributed by atoms with Crippen LogP contribution in [0.25, 0.3) is 11.0 Å². The Kier molecular flexibility index (Phi) is 3.36. The topological polar surface area (TPSA) is 55.0 Å². The molecule has 0 spiro atoms. The molecule has 2 aromatic carbocycles. The van der Waals surface area contributed by atoms with Crippen molar-refractivity contribution in [1.82, 2.24) is 0 Å². The first-order valence-electron chi connectivity index (χ1n) is 6.59.